The Labute approximate surface area is 110 Å². The van der Waals surface area contributed by atoms with E-state index in [1.807, 2.05) is 0 Å². The van der Waals surface area contributed by atoms with Crippen molar-refractivity contribution in [3.05, 3.63) is 12.3 Å². The van der Waals surface area contributed by atoms with Crippen LogP contribution in [0.3, 0.4) is 0 Å². The normalized spacial score (nSPS) is 12.5. The van der Waals surface area contributed by atoms with Crippen molar-refractivity contribution in [3.8, 4) is 0 Å². The first kappa shape index (κ1) is 24.7. The standard InChI is InChI=1S/C6H12.C3H4O4.2H2N.Pt/c1-2-4-6-5-3-1;4-2(5)1-3(6)7;;;/h1-6H2;1H2,(H,4,5)(H,6,7);2*1H2;/q;;2*-1;+4/p-2. The van der Waals surface area contributed by atoms with Gasteiger partial charge < -0.3 is 32.1 Å². The van der Waals surface area contributed by atoms with Crippen LogP contribution in [0.4, 0.5) is 0 Å². The molecule has 0 aromatic rings. The molecule has 0 spiro atoms. The van der Waals surface area contributed by atoms with Crippen LogP contribution in [0.1, 0.15) is 44.9 Å². The van der Waals surface area contributed by atoms with E-state index in [9.17, 15) is 19.8 Å². The Morgan fingerprint density at radius 1 is 0.750 bits per heavy atom. The maximum Gasteiger partial charge on any atom is 4.00 e. The topological polar surface area (TPSA) is 147 Å². The van der Waals surface area contributed by atoms with Gasteiger partial charge in [0.2, 0.25) is 0 Å². The summed E-state index contributed by atoms with van der Waals surface area (Å²) in [6, 6.07) is 0. The zero-order valence-corrected chi connectivity index (χ0v) is 11.3. The van der Waals surface area contributed by atoms with Crippen LogP contribution in [0.25, 0.3) is 12.3 Å². The van der Waals surface area contributed by atoms with Crippen molar-refractivity contribution in [2.24, 2.45) is 0 Å². The van der Waals surface area contributed by atoms with Crippen molar-refractivity contribution in [3.63, 3.8) is 0 Å². The first-order valence-corrected chi connectivity index (χ1v) is 4.52. The Kier molecular flexibility index (Phi) is 26.2. The summed E-state index contributed by atoms with van der Waals surface area (Å²) in [6.07, 6.45) is 7.97. The Hall–Kier alpha value is -0.452. The van der Waals surface area contributed by atoms with Crippen LogP contribution in [0, 0.1) is 0 Å². The van der Waals surface area contributed by atoms with E-state index in [0.29, 0.717) is 0 Å². The molecule has 7 heteroatoms. The van der Waals surface area contributed by atoms with E-state index in [4.69, 9.17) is 0 Å². The van der Waals surface area contributed by atoms with Crippen LogP contribution in [0.2, 0.25) is 0 Å². The molecule has 0 heterocycles. The molecule has 1 saturated carbocycles. The molecule has 1 fully saturated rings. The molecule has 16 heavy (non-hydrogen) atoms. The monoisotopic (exact) mass is 413 g/mol. The molecule has 0 saturated heterocycles. The third-order valence-electron chi connectivity index (χ3n) is 1.79. The van der Waals surface area contributed by atoms with Crippen molar-refractivity contribution < 1.29 is 40.9 Å². The van der Waals surface area contributed by atoms with Gasteiger partial charge in [0.15, 0.2) is 0 Å². The predicted molar refractivity (Wildman–Crippen MR) is 52.9 cm³/mol. The molecule has 0 aromatic carbocycles. The SMILES string of the molecule is C1CCCCC1.O=C([O-])CC(=O)[O-].[NH2-].[NH2-].[Pt+4]. The summed E-state index contributed by atoms with van der Waals surface area (Å²) in [5.41, 5.74) is 0. The maximum atomic E-state index is 9.28. The largest absolute Gasteiger partial charge is 4.00 e. The molecule has 0 radical (unpaired) electrons. The van der Waals surface area contributed by atoms with Gasteiger partial charge in [-0.05, 0) is 0 Å². The average molecular weight is 413 g/mol. The summed E-state index contributed by atoms with van der Waals surface area (Å²) >= 11 is 0. The number of carbonyl (C=O) groups is 2. The van der Waals surface area contributed by atoms with Crippen molar-refractivity contribution in [1.82, 2.24) is 0 Å². The molecule has 1 aliphatic rings. The van der Waals surface area contributed by atoms with Gasteiger partial charge >= 0.3 is 21.1 Å². The van der Waals surface area contributed by atoms with E-state index in [2.05, 4.69) is 0 Å². The minimum Gasteiger partial charge on any atom is -0.693 e. The van der Waals surface area contributed by atoms with Crippen LogP contribution in [-0.4, -0.2) is 11.9 Å². The molecule has 1 rings (SSSR count). The molecule has 0 amide bonds. The maximum absolute atomic E-state index is 9.28. The van der Waals surface area contributed by atoms with Crippen LogP contribution >= 0.6 is 0 Å². The molecule has 1 aliphatic carbocycles. The van der Waals surface area contributed by atoms with E-state index in [1.165, 1.54) is 38.5 Å². The van der Waals surface area contributed by atoms with E-state index < -0.39 is 18.4 Å². The Bertz CT molecular complexity index is 151. The third kappa shape index (κ3) is 23.4. The van der Waals surface area contributed by atoms with Gasteiger partial charge in [-0.3, -0.25) is 0 Å². The minimum atomic E-state index is -1.63. The third-order valence-corrected chi connectivity index (χ3v) is 1.79. The fourth-order valence-electron chi connectivity index (χ4n) is 1.18. The Balaban J connectivity index is -0.0000000760. The summed E-state index contributed by atoms with van der Waals surface area (Å²) in [5, 5.41) is 18.6. The van der Waals surface area contributed by atoms with E-state index in [0.717, 1.165) is 0 Å². The van der Waals surface area contributed by atoms with Crippen molar-refractivity contribution in [2.75, 3.05) is 0 Å². The van der Waals surface area contributed by atoms with E-state index >= 15 is 0 Å². The summed E-state index contributed by atoms with van der Waals surface area (Å²) in [7, 11) is 0. The van der Waals surface area contributed by atoms with Crippen LogP contribution in [-0.2, 0) is 30.7 Å². The molecule has 0 bridgehead atoms. The second-order valence-corrected chi connectivity index (χ2v) is 3.04. The van der Waals surface area contributed by atoms with Crippen LogP contribution in [0.15, 0.2) is 0 Å². The number of aliphatic carboxylic acids is 2. The van der Waals surface area contributed by atoms with E-state index in [1.54, 1.807) is 0 Å². The van der Waals surface area contributed by atoms with Gasteiger partial charge in [-0.15, -0.1) is 0 Å². The summed E-state index contributed by atoms with van der Waals surface area (Å²) in [4.78, 5) is 18.6. The van der Waals surface area contributed by atoms with Crippen molar-refractivity contribution in [1.29, 1.82) is 0 Å². The molecular formula is C9H18N2O4Pt. The molecular weight excluding hydrogens is 395 g/mol. The molecule has 0 aromatic heterocycles. The smallest absolute Gasteiger partial charge is 0.693 e. The number of carbonyl (C=O) groups excluding carboxylic acids is 2. The first-order valence-electron chi connectivity index (χ1n) is 4.52. The molecule has 0 atom stereocenters. The van der Waals surface area contributed by atoms with Gasteiger partial charge in [-0.1, -0.05) is 38.5 Å². The summed E-state index contributed by atoms with van der Waals surface area (Å²) in [6.45, 7) is 0. The second-order valence-electron chi connectivity index (χ2n) is 3.04. The van der Waals surface area contributed by atoms with E-state index in [-0.39, 0.29) is 33.4 Å². The second kappa shape index (κ2) is 17.0. The number of nitrogens with two attached hydrogens (primary N) is 2. The van der Waals surface area contributed by atoms with Crippen LogP contribution in [0.5, 0.6) is 0 Å². The van der Waals surface area contributed by atoms with Crippen LogP contribution < -0.4 is 10.2 Å². The first-order chi connectivity index (χ1) is 6.13. The average Bonchev–Trinajstić information content (AvgIpc) is 2.06. The molecule has 4 N–H and O–H groups in total. The molecule has 6 nitrogen and oxygen atoms in total. The zero-order chi connectivity index (χ0) is 10.1. The summed E-state index contributed by atoms with van der Waals surface area (Å²) < 4.78 is 0. The van der Waals surface area contributed by atoms with Gasteiger partial charge in [0.1, 0.15) is 0 Å². The number of carboxylic acid groups (broad SMARTS) is 2. The number of hydrogen-bond donors (Lipinski definition) is 0. The number of rotatable bonds is 2. The zero-order valence-electron chi connectivity index (χ0n) is 9.05. The quantitative estimate of drug-likeness (QED) is 0.611. The predicted octanol–water partition coefficient (Wildman–Crippen LogP) is 0.649. The van der Waals surface area contributed by atoms with Gasteiger partial charge in [0.05, 0.1) is 0 Å². The Morgan fingerprint density at radius 3 is 1.00 bits per heavy atom. The summed E-state index contributed by atoms with van der Waals surface area (Å²) in [5.74, 6) is -3.25. The van der Waals surface area contributed by atoms with Gasteiger partial charge in [-0.25, -0.2) is 0 Å². The van der Waals surface area contributed by atoms with Gasteiger partial charge in [0.25, 0.3) is 0 Å². The number of carboxylic acids is 2. The molecule has 0 unspecified atom stereocenters. The van der Waals surface area contributed by atoms with Gasteiger partial charge in [0, 0.05) is 18.4 Å². The fraction of sp³-hybridized carbons (Fsp3) is 0.778. The molecule has 98 valence electrons. The minimum absolute atomic E-state index is 0. The fourth-order valence-corrected chi connectivity index (χ4v) is 1.18. The number of hydrogen-bond acceptors (Lipinski definition) is 4. The van der Waals surface area contributed by atoms with Crippen molar-refractivity contribution >= 4 is 11.9 Å². The Morgan fingerprint density at radius 2 is 0.938 bits per heavy atom. The van der Waals surface area contributed by atoms with Gasteiger partial charge in [-0.2, -0.15) is 0 Å². The van der Waals surface area contributed by atoms with Crippen molar-refractivity contribution in [2.45, 2.75) is 44.9 Å². The molecule has 0 aliphatic heterocycles.